The number of hydrogen-bond acceptors (Lipinski definition) is 4. The SMILES string of the molecule is O=C(NCC1CCCC1O)c1cc([N+](=O)[O-])ccc1Cl. The van der Waals surface area contributed by atoms with Gasteiger partial charge in [0, 0.05) is 24.6 Å². The standard InChI is InChI=1S/C13H15ClN2O4/c14-11-5-4-9(16(19)20)6-10(11)13(18)15-7-8-2-1-3-12(8)17/h4-6,8,12,17H,1-3,7H2,(H,15,18). The summed E-state index contributed by atoms with van der Waals surface area (Å²) in [7, 11) is 0. The Morgan fingerprint density at radius 3 is 2.85 bits per heavy atom. The normalized spacial score (nSPS) is 21.7. The van der Waals surface area contributed by atoms with Gasteiger partial charge in [-0.3, -0.25) is 14.9 Å². The van der Waals surface area contributed by atoms with Gasteiger partial charge in [-0.15, -0.1) is 0 Å². The Morgan fingerprint density at radius 1 is 1.50 bits per heavy atom. The fourth-order valence-corrected chi connectivity index (χ4v) is 2.58. The molecule has 1 aliphatic rings. The Hall–Kier alpha value is -1.66. The number of carbonyl (C=O) groups excluding carboxylic acids is 1. The molecule has 20 heavy (non-hydrogen) atoms. The third kappa shape index (κ3) is 3.26. The minimum Gasteiger partial charge on any atom is -0.393 e. The Bertz CT molecular complexity index is 535. The van der Waals surface area contributed by atoms with Crippen LogP contribution < -0.4 is 5.32 Å². The van der Waals surface area contributed by atoms with Gasteiger partial charge in [0.15, 0.2) is 0 Å². The van der Waals surface area contributed by atoms with Gasteiger partial charge < -0.3 is 10.4 Å². The zero-order valence-corrected chi connectivity index (χ0v) is 11.5. The quantitative estimate of drug-likeness (QED) is 0.658. The molecule has 2 atom stereocenters. The van der Waals surface area contributed by atoms with Gasteiger partial charge in [-0.2, -0.15) is 0 Å². The van der Waals surface area contributed by atoms with Crippen molar-refractivity contribution in [3.63, 3.8) is 0 Å². The van der Waals surface area contributed by atoms with Crippen LogP contribution in [-0.2, 0) is 0 Å². The summed E-state index contributed by atoms with van der Waals surface area (Å²) in [4.78, 5) is 22.1. The highest BCUT2D eigenvalue weighted by Gasteiger charge is 2.26. The van der Waals surface area contributed by atoms with Crippen molar-refractivity contribution in [1.82, 2.24) is 5.32 Å². The first kappa shape index (κ1) is 14.7. The van der Waals surface area contributed by atoms with Crippen LogP contribution in [0.1, 0.15) is 29.6 Å². The van der Waals surface area contributed by atoms with E-state index < -0.39 is 16.9 Å². The van der Waals surface area contributed by atoms with Crippen LogP contribution in [0.15, 0.2) is 18.2 Å². The summed E-state index contributed by atoms with van der Waals surface area (Å²) < 4.78 is 0. The number of nitro groups is 1. The van der Waals surface area contributed by atoms with Crippen molar-refractivity contribution in [2.24, 2.45) is 5.92 Å². The lowest BCUT2D eigenvalue weighted by atomic mass is 10.1. The van der Waals surface area contributed by atoms with E-state index in [0.717, 1.165) is 25.3 Å². The molecule has 6 nitrogen and oxygen atoms in total. The third-order valence-corrected chi connectivity index (χ3v) is 3.88. The molecule has 1 aliphatic carbocycles. The summed E-state index contributed by atoms with van der Waals surface area (Å²) in [5.74, 6) is -0.422. The van der Waals surface area contributed by atoms with Gasteiger partial charge in [0.1, 0.15) is 0 Å². The van der Waals surface area contributed by atoms with E-state index in [1.54, 1.807) is 0 Å². The number of nitrogens with one attached hydrogen (secondary N) is 1. The second-order valence-electron chi connectivity index (χ2n) is 4.89. The molecule has 0 spiro atoms. The highest BCUT2D eigenvalue weighted by Crippen LogP contribution is 2.25. The Labute approximate surface area is 120 Å². The molecule has 2 rings (SSSR count). The lowest BCUT2D eigenvalue weighted by Crippen LogP contribution is -2.32. The Balaban J connectivity index is 2.05. The number of rotatable bonds is 4. The van der Waals surface area contributed by atoms with E-state index in [0.29, 0.717) is 6.54 Å². The largest absolute Gasteiger partial charge is 0.393 e. The number of nitrogens with zero attached hydrogens (tertiary/aromatic N) is 1. The zero-order valence-electron chi connectivity index (χ0n) is 10.7. The Morgan fingerprint density at radius 2 is 2.25 bits per heavy atom. The second-order valence-corrected chi connectivity index (χ2v) is 5.30. The highest BCUT2D eigenvalue weighted by atomic mass is 35.5. The van der Waals surface area contributed by atoms with Gasteiger partial charge in [0.2, 0.25) is 0 Å². The molecule has 2 unspecified atom stereocenters. The lowest BCUT2D eigenvalue weighted by molar-refractivity contribution is -0.384. The van der Waals surface area contributed by atoms with E-state index in [9.17, 15) is 20.0 Å². The number of aliphatic hydroxyl groups excluding tert-OH is 1. The van der Waals surface area contributed by atoms with E-state index in [2.05, 4.69) is 5.32 Å². The van der Waals surface area contributed by atoms with Gasteiger partial charge in [-0.1, -0.05) is 18.0 Å². The molecule has 1 fully saturated rings. The number of aliphatic hydroxyl groups is 1. The first-order valence-electron chi connectivity index (χ1n) is 6.39. The van der Waals surface area contributed by atoms with Gasteiger partial charge in [0.05, 0.1) is 21.6 Å². The van der Waals surface area contributed by atoms with Crippen molar-refractivity contribution < 1.29 is 14.8 Å². The van der Waals surface area contributed by atoms with E-state index in [1.165, 1.54) is 12.1 Å². The molecule has 1 saturated carbocycles. The Kier molecular flexibility index (Phi) is 4.57. The molecule has 0 aromatic heterocycles. The molecular formula is C13H15ClN2O4. The fourth-order valence-electron chi connectivity index (χ4n) is 2.38. The molecule has 108 valence electrons. The van der Waals surface area contributed by atoms with Crippen molar-refractivity contribution >= 4 is 23.2 Å². The lowest BCUT2D eigenvalue weighted by Gasteiger charge is -2.15. The molecule has 0 bridgehead atoms. The van der Waals surface area contributed by atoms with Crippen LogP contribution in [0.3, 0.4) is 0 Å². The number of amides is 1. The highest BCUT2D eigenvalue weighted by molar-refractivity contribution is 6.33. The van der Waals surface area contributed by atoms with Crippen LogP contribution in [0.4, 0.5) is 5.69 Å². The first-order valence-corrected chi connectivity index (χ1v) is 6.77. The molecule has 7 heteroatoms. The van der Waals surface area contributed by atoms with Gasteiger partial charge >= 0.3 is 0 Å². The predicted molar refractivity (Wildman–Crippen MR) is 73.8 cm³/mol. The summed E-state index contributed by atoms with van der Waals surface area (Å²) in [6.07, 6.45) is 2.16. The third-order valence-electron chi connectivity index (χ3n) is 3.55. The van der Waals surface area contributed by atoms with E-state index >= 15 is 0 Å². The van der Waals surface area contributed by atoms with Gasteiger partial charge in [-0.05, 0) is 18.9 Å². The zero-order chi connectivity index (χ0) is 14.7. The minimum atomic E-state index is -0.576. The van der Waals surface area contributed by atoms with E-state index in [4.69, 9.17) is 11.6 Å². The molecule has 0 radical (unpaired) electrons. The number of hydrogen-bond donors (Lipinski definition) is 2. The van der Waals surface area contributed by atoms with Crippen LogP contribution in [0.25, 0.3) is 0 Å². The minimum absolute atomic E-state index is 0.0384. The van der Waals surface area contributed by atoms with Crippen molar-refractivity contribution in [2.75, 3.05) is 6.54 Å². The number of nitro benzene ring substituents is 1. The molecule has 0 aliphatic heterocycles. The van der Waals surface area contributed by atoms with Crippen LogP contribution >= 0.6 is 11.6 Å². The molecule has 1 aromatic rings. The second kappa shape index (κ2) is 6.19. The summed E-state index contributed by atoms with van der Waals surface area (Å²) in [6, 6.07) is 3.74. The number of halogens is 1. The average Bonchev–Trinajstić information content (AvgIpc) is 2.81. The van der Waals surface area contributed by atoms with Crippen molar-refractivity contribution in [3.8, 4) is 0 Å². The topological polar surface area (TPSA) is 92.5 Å². The molecular weight excluding hydrogens is 284 g/mol. The maximum Gasteiger partial charge on any atom is 0.270 e. The van der Waals surface area contributed by atoms with Crippen molar-refractivity contribution in [3.05, 3.63) is 38.9 Å². The molecule has 1 amide bonds. The molecule has 0 saturated heterocycles. The summed E-state index contributed by atoms with van der Waals surface area (Å²) >= 11 is 5.89. The van der Waals surface area contributed by atoms with Crippen LogP contribution in [0.2, 0.25) is 5.02 Å². The van der Waals surface area contributed by atoms with Gasteiger partial charge in [-0.25, -0.2) is 0 Å². The first-order chi connectivity index (χ1) is 9.49. The summed E-state index contributed by atoms with van der Waals surface area (Å²) in [5, 5.41) is 23.2. The average molecular weight is 299 g/mol. The van der Waals surface area contributed by atoms with Crippen LogP contribution in [-0.4, -0.2) is 28.6 Å². The summed E-state index contributed by atoms with van der Waals surface area (Å²) in [6.45, 7) is 0.346. The summed E-state index contributed by atoms with van der Waals surface area (Å²) in [5.41, 5.74) is -0.103. The van der Waals surface area contributed by atoms with Crippen LogP contribution in [0, 0.1) is 16.0 Å². The fraction of sp³-hybridized carbons (Fsp3) is 0.462. The predicted octanol–water partition coefficient (Wildman–Crippen LogP) is 2.14. The van der Waals surface area contributed by atoms with Crippen molar-refractivity contribution in [2.45, 2.75) is 25.4 Å². The number of benzene rings is 1. The monoisotopic (exact) mass is 298 g/mol. The maximum atomic E-state index is 12.0. The molecule has 0 heterocycles. The molecule has 2 N–H and O–H groups in total. The number of non-ortho nitro benzene ring substituents is 1. The van der Waals surface area contributed by atoms with Crippen molar-refractivity contribution in [1.29, 1.82) is 0 Å². The van der Waals surface area contributed by atoms with Crippen LogP contribution in [0.5, 0.6) is 0 Å². The van der Waals surface area contributed by atoms with E-state index in [1.807, 2.05) is 0 Å². The van der Waals surface area contributed by atoms with E-state index in [-0.39, 0.29) is 22.2 Å². The maximum absolute atomic E-state index is 12.0. The van der Waals surface area contributed by atoms with Gasteiger partial charge in [0.25, 0.3) is 11.6 Å². The smallest absolute Gasteiger partial charge is 0.270 e. The number of carbonyl (C=O) groups is 1. The molecule has 1 aromatic carbocycles.